The number of hydrogen-bond donors (Lipinski definition) is 0. The van der Waals surface area contributed by atoms with Crippen LogP contribution in [0.3, 0.4) is 0 Å². The van der Waals surface area contributed by atoms with E-state index < -0.39 is 0 Å². The fraction of sp³-hybridized carbons (Fsp3) is 0. The molecule has 0 unspecified atom stereocenters. The molecule has 0 atom stereocenters. The third-order valence-corrected chi connectivity index (χ3v) is 12.3. The van der Waals surface area contributed by atoms with Crippen LogP contribution in [0.1, 0.15) is 0 Å². The summed E-state index contributed by atoms with van der Waals surface area (Å²) in [5, 5.41) is 4.91. The highest BCUT2D eigenvalue weighted by Gasteiger charge is 2.21. The molecule has 0 fully saturated rings. The first kappa shape index (κ1) is 38.5. The molecule has 0 saturated heterocycles. The highest BCUT2D eigenvalue weighted by Crippen LogP contribution is 2.46. The van der Waals surface area contributed by atoms with Crippen molar-refractivity contribution in [3.63, 3.8) is 0 Å². The van der Waals surface area contributed by atoms with Crippen LogP contribution in [0.4, 0.5) is 34.1 Å². The molecule has 11 aromatic carbocycles. The number of rotatable bonds is 10. The van der Waals surface area contributed by atoms with Gasteiger partial charge in [0.05, 0.1) is 11.4 Å². The molecule has 0 bridgehead atoms. The molecule has 0 aromatic heterocycles. The summed E-state index contributed by atoms with van der Waals surface area (Å²) in [6.45, 7) is 0. The summed E-state index contributed by atoms with van der Waals surface area (Å²) in [5.41, 5.74) is 16.2. The summed E-state index contributed by atoms with van der Waals surface area (Å²) in [6, 6.07) is 96.1. The molecule has 0 aliphatic carbocycles. The molecule has 0 aliphatic rings. The average Bonchev–Trinajstić information content (AvgIpc) is 3.38. The van der Waals surface area contributed by atoms with Crippen LogP contribution in [0.2, 0.25) is 0 Å². The van der Waals surface area contributed by atoms with E-state index >= 15 is 0 Å². The normalized spacial score (nSPS) is 11.1. The Bertz CT molecular complexity index is 3100. The van der Waals surface area contributed by atoms with Crippen molar-refractivity contribution in [2.45, 2.75) is 0 Å². The number of fused-ring (bicyclic) bond motifs is 2. The summed E-state index contributed by atoms with van der Waals surface area (Å²) >= 11 is 0. The molecule has 2 nitrogen and oxygen atoms in total. The Hall–Kier alpha value is -8.46. The molecule has 0 saturated carbocycles. The van der Waals surface area contributed by atoms with Gasteiger partial charge in [0.25, 0.3) is 0 Å². The van der Waals surface area contributed by atoms with Gasteiger partial charge in [0.1, 0.15) is 0 Å². The molecular weight excluding hydrogens is 773 g/mol. The summed E-state index contributed by atoms with van der Waals surface area (Å²) < 4.78 is 0. The van der Waals surface area contributed by atoms with E-state index in [2.05, 4.69) is 277 Å². The molecular formula is C62H44N2. The first-order chi connectivity index (χ1) is 31.8. The maximum absolute atomic E-state index is 2.38. The Morgan fingerprint density at radius 1 is 0.188 bits per heavy atom. The number of para-hydroxylation sites is 2. The van der Waals surface area contributed by atoms with E-state index in [1.165, 1.54) is 66.1 Å². The highest BCUT2D eigenvalue weighted by molar-refractivity contribution is 6.06. The fourth-order valence-electron chi connectivity index (χ4n) is 9.18. The lowest BCUT2D eigenvalue weighted by molar-refractivity contribution is 1.29. The molecule has 64 heavy (non-hydrogen) atoms. The van der Waals surface area contributed by atoms with Gasteiger partial charge in [-0.05, 0) is 116 Å². The Labute approximate surface area is 375 Å². The van der Waals surface area contributed by atoms with Crippen LogP contribution < -0.4 is 9.80 Å². The Kier molecular flexibility index (Phi) is 10.3. The van der Waals surface area contributed by atoms with Crippen LogP contribution >= 0.6 is 0 Å². The van der Waals surface area contributed by atoms with Gasteiger partial charge < -0.3 is 9.80 Å². The lowest BCUT2D eigenvalue weighted by Gasteiger charge is -2.29. The Balaban J connectivity index is 0.914. The van der Waals surface area contributed by atoms with Gasteiger partial charge in [0.2, 0.25) is 0 Å². The summed E-state index contributed by atoms with van der Waals surface area (Å²) in [6.07, 6.45) is 0. The number of benzene rings is 11. The second kappa shape index (κ2) is 17.1. The fourth-order valence-corrected chi connectivity index (χ4v) is 9.18. The molecule has 0 heterocycles. The standard InChI is InChI=1S/C62H44N2/c1-5-19-51(20-6-1)61-57-27-15-13-17-49(57)37-43-59(61)63(53-23-9-3-10-24-53)55-39-33-47(34-40-55)45-29-31-46(32-30-45)48-35-41-56(42-36-48)64(54-25-11-4-12-26-54)60-44-38-50-18-14-16-28-58(50)62(60)52-21-7-2-8-22-52/h1-44H. The molecule has 0 aliphatic heterocycles. The van der Waals surface area contributed by atoms with Gasteiger partial charge in [0, 0.05) is 33.9 Å². The van der Waals surface area contributed by atoms with E-state index in [1.54, 1.807) is 0 Å². The zero-order valence-corrected chi connectivity index (χ0v) is 35.3. The van der Waals surface area contributed by atoms with Gasteiger partial charge in [-0.2, -0.15) is 0 Å². The molecule has 11 aromatic rings. The molecule has 0 spiro atoms. The van der Waals surface area contributed by atoms with Crippen molar-refractivity contribution in [2.75, 3.05) is 9.80 Å². The third kappa shape index (κ3) is 7.38. The first-order valence-corrected chi connectivity index (χ1v) is 21.9. The van der Waals surface area contributed by atoms with Gasteiger partial charge in [0.15, 0.2) is 0 Å². The highest BCUT2D eigenvalue weighted by atomic mass is 15.1. The largest absolute Gasteiger partial charge is 0.310 e. The Morgan fingerprint density at radius 2 is 0.469 bits per heavy atom. The molecule has 0 radical (unpaired) electrons. The molecule has 0 N–H and O–H groups in total. The van der Waals surface area contributed by atoms with Crippen LogP contribution in [-0.2, 0) is 0 Å². The minimum Gasteiger partial charge on any atom is -0.310 e. The predicted molar refractivity (Wildman–Crippen MR) is 273 cm³/mol. The Morgan fingerprint density at radius 3 is 0.828 bits per heavy atom. The van der Waals surface area contributed by atoms with Crippen molar-refractivity contribution in [3.05, 3.63) is 267 Å². The van der Waals surface area contributed by atoms with E-state index in [0.29, 0.717) is 0 Å². The summed E-state index contributed by atoms with van der Waals surface area (Å²) in [5.74, 6) is 0. The van der Waals surface area contributed by atoms with Crippen molar-refractivity contribution < 1.29 is 0 Å². The number of hydrogen-bond acceptors (Lipinski definition) is 2. The molecule has 302 valence electrons. The molecule has 2 heteroatoms. The van der Waals surface area contributed by atoms with E-state index in [0.717, 1.165) is 34.1 Å². The quantitative estimate of drug-likeness (QED) is 0.136. The third-order valence-electron chi connectivity index (χ3n) is 12.3. The average molecular weight is 817 g/mol. The van der Waals surface area contributed by atoms with Crippen LogP contribution in [0, 0.1) is 0 Å². The van der Waals surface area contributed by atoms with Crippen molar-refractivity contribution in [3.8, 4) is 44.5 Å². The van der Waals surface area contributed by atoms with E-state index in [1.807, 2.05) is 0 Å². The number of nitrogens with zero attached hydrogens (tertiary/aromatic N) is 2. The lowest BCUT2D eigenvalue weighted by atomic mass is 9.95. The SMILES string of the molecule is c1ccc(-c2c(N(c3ccccc3)c3ccc(-c4ccc(-c5ccc(N(c6ccccc6)c6ccc7ccccc7c6-c6ccccc6)cc5)cc4)cc3)ccc3ccccc23)cc1. The molecule has 11 rings (SSSR count). The topological polar surface area (TPSA) is 6.48 Å². The van der Waals surface area contributed by atoms with Crippen LogP contribution in [0.15, 0.2) is 267 Å². The number of anilines is 6. The first-order valence-electron chi connectivity index (χ1n) is 21.9. The lowest BCUT2D eigenvalue weighted by Crippen LogP contribution is -2.11. The van der Waals surface area contributed by atoms with E-state index in [9.17, 15) is 0 Å². The zero-order chi connectivity index (χ0) is 42.7. The van der Waals surface area contributed by atoms with Crippen molar-refractivity contribution in [1.29, 1.82) is 0 Å². The maximum atomic E-state index is 2.38. The molecule has 0 amide bonds. The van der Waals surface area contributed by atoms with Crippen LogP contribution in [0.5, 0.6) is 0 Å². The summed E-state index contributed by atoms with van der Waals surface area (Å²) in [4.78, 5) is 4.76. The summed E-state index contributed by atoms with van der Waals surface area (Å²) in [7, 11) is 0. The van der Waals surface area contributed by atoms with Gasteiger partial charge >= 0.3 is 0 Å². The maximum Gasteiger partial charge on any atom is 0.0546 e. The second-order valence-electron chi connectivity index (χ2n) is 16.1. The van der Waals surface area contributed by atoms with Gasteiger partial charge in [-0.25, -0.2) is 0 Å². The van der Waals surface area contributed by atoms with Gasteiger partial charge in [-0.15, -0.1) is 0 Å². The van der Waals surface area contributed by atoms with Crippen molar-refractivity contribution in [2.24, 2.45) is 0 Å². The van der Waals surface area contributed by atoms with Crippen LogP contribution in [0.25, 0.3) is 66.1 Å². The van der Waals surface area contributed by atoms with E-state index in [4.69, 9.17) is 0 Å². The monoisotopic (exact) mass is 816 g/mol. The van der Waals surface area contributed by atoms with Crippen molar-refractivity contribution >= 4 is 55.7 Å². The van der Waals surface area contributed by atoms with E-state index in [-0.39, 0.29) is 0 Å². The van der Waals surface area contributed by atoms with Crippen molar-refractivity contribution in [1.82, 2.24) is 0 Å². The van der Waals surface area contributed by atoms with Gasteiger partial charge in [-0.1, -0.05) is 206 Å². The van der Waals surface area contributed by atoms with Gasteiger partial charge in [-0.3, -0.25) is 0 Å². The zero-order valence-electron chi connectivity index (χ0n) is 35.3. The predicted octanol–water partition coefficient (Wildman–Crippen LogP) is 17.6. The minimum atomic E-state index is 1.10. The smallest absolute Gasteiger partial charge is 0.0546 e. The second-order valence-corrected chi connectivity index (χ2v) is 16.1. The van der Waals surface area contributed by atoms with Crippen LogP contribution in [-0.4, -0.2) is 0 Å². The minimum absolute atomic E-state index is 1.10.